The van der Waals surface area contributed by atoms with E-state index in [4.69, 9.17) is 17.3 Å². The molecule has 1 fully saturated rings. The molecular weight excluding hydrogens is 217 g/mol. The van der Waals surface area contributed by atoms with Crippen molar-refractivity contribution in [3.05, 3.63) is 29.0 Å². The van der Waals surface area contributed by atoms with Crippen LogP contribution < -0.4 is 11.1 Å². The number of nitrogens with zero attached hydrogens (tertiary/aromatic N) is 1. The van der Waals surface area contributed by atoms with E-state index in [-0.39, 0.29) is 11.6 Å². The SMILES string of the molecule is NC(=NC1CC1)Nc1cc(Cl)ccc1F. The van der Waals surface area contributed by atoms with Gasteiger partial charge in [-0.2, -0.15) is 0 Å². The van der Waals surface area contributed by atoms with Crippen LogP contribution in [0.25, 0.3) is 0 Å². The van der Waals surface area contributed by atoms with Crippen LogP contribution in [0.2, 0.25) is 5.02 Å². The van der Waals surface area contributed by atoms with Crippen molar-refractivity contribution >= 4 is 23.2 Å². The Labute approximate surface area is 92.1 Å². The van der Waals surface area contributed by atoms with Crippen LogP contribution in [0, 0.1) is 5.82 Å². The number of halogens is 2. The molecule has 5 heteroatoms. The first-order valence-corrected chi connectivity index (χ1v) is 5.08. The predicted molar refractivity (Wildman–Crippen MR) is 59.7 cm³/mol. The van der Waals surface area contributed by atoms with Gasteiger partial charge in [-0.15, -0.1) is 0 Å². The molecule has 0 amide bonds. The van der Waals surface area contributed by atoms with E-state index in [1.807, 2.05) is 0 Å². The highest BCUT2D eigenvalue weighted by molar-refractivity contribution is 6.30. The summed E-state index contributed by atoms with van der Waals surface area (Å²) in [6.07, 6.45) is 2.11. The van der Waals surface area contributed by atoms with Crippen LogP contribution in [0.4, 0.5) is 10.1 Å². The molecule has 80 valence electrons. The Bertz CT molecular complexity index is 402. The van der Waals surface area contributed by atoms with Crippen molar-refractivity contribution in [2.75, 3.05) is 5.32 Å². The zero-order valence-electron chi connectivity index (χ0n) is 8.00. The van der Waals surface area contributed by atoms with Gasteiger partial charge in [-0.05, 0) is 31.0 Å². The molecule has 1 aromatic rings. The van der Waals surface area contributed by atoms with Crippen LogP contribution in [0.5, 0.6) is 0 Å². The Hall–Kier alpha value is -1.29. The molecule has 0 bridgehead atoms. The Morgan fingerprint density at radius 3 is 2.93 bits per heavy atom. The molecule has 1 aliphatic rings. The van der Waals surface area contributed by atoms with Crippen molar-refractivity contribution in [1.82, 2.24) is 0 Å². The summed E-state index contributed by atoms with van der Waals surface area (Å²) >= 11 is 5.73. The largest absolute Gasteiger partial charge is 0.370 e. The highest BCUT2D eigenvalue weighted by Crippen LogP contribution is 2.24. The van der Waals surface area contributed by atoms with E-state index in [1.54, 1.807) is 0 Å². The van der Waals surface area contributed by atoms with Gasteiger partial charge in [-0.1, -0.05) is 11.6 Å². The number of hydrogen-bond acceptors (Lipinski definition) is 1. The topological polar surface area (TPSA) is 50.4 Å². The molecule has 3 N–H and O–H groups in total. The summed E-state index contributed by atoms with van der Waals surface area (Å²) in [4.78, 5) is 4.13. The molecule has 0 atom stereocenters. The smallest absolute Gasteiger partial charge is 0.193 e. The average molecular weight is 228 g/mol. The van der Waals surface area contributed by atoms with Gasteiger partial charge in [0.2, 0.25) is 0 Å². The highest BCUT2D eigenvalue weighted by Gasteiger charge is 2.20. The Balaban J connectivity index is 2.11. The Kier molecular flexibility index (Phi) is 2.77. The van der Waals surface area contributed by atoms with Gasteiger partial charge in [0.1, 0.15) is 5.82 Å². The third-order valence-electron chi connectivity index (χ3n) is 2.06. The molecule has 15 heavy (non-hydrogen) atoms. The molecule has 2 rings (SSSR count). The minimum absolute atomic E-state index is 0.235. The monoisotopic (exact) mass is 227 g/mol. The normalized spacial score (nSPS) is 16.5. The fourth-order valence-corrected chi connectivity index (χ4v) is 1.34. The van der Waals surface area contributed by atoms with Gasteiger partial charge >= 0.3 is 0 Å². The number of anilines is 1. The zero-order valence-corrected chi connectivity index (χ0v) is 8.76. The standard InChI is InChI=1S/C10H11ClFN3/c11-6-1-4-8(12)9(5-6)15-10(13)14-7-2-3-7/h1,4-5,7H,2-3H2,(H3,13,14,15). The molecule has 0 radical (unpaired) electrons. The second-order valence-corrected chi connectivity index (χ2v) is 3.93. The zero-order chi connectivity index (χ0) is 10.8. The number of nitrogens with two attached hydrogens (primary N) is 1. The van der Waals surface area contributed by atoms with Crippen molar-refractivity contribution in [1.29, 1.82) is 0 Å². The molecule has 1 aliphatic carbocycles. The van der Waals surface area contributed by atoms with Crippen LogP contribution in [0.15, 0.2) is 23.2 Å². The minimum Gasteiger partial charge on any atom is -0.370 e. The summed E-state index contributed by atoms with van der Waals surface area (Å²) in [7, 11) is 0. The second kappa shape index (κ2) is 4.06. The van der Waals surface area contributed by atoms with E-state index in [1.165, 1.54) is 18.2 Å². The number of hydrogen-bond donors (Lipinski definition) is 2. The lowest BCUT2D eigenvalue weighted by molar-refractivity contribution is 0.632. The first-order chi connectivity index (χ1) is 7.15. The van der Waals surface area contributed by atoms with Gasteiger partial charge in [0, 0.05) is 5.02 Å². The van der Waals surface area contributed by atoms with Crippen molar-refractivity contribution in [3.8, 4) is 0 Å². The first-order valence-electron chi connectivity index (χ1n) is 4.70. The molecule has 0 spiro atoms. The van der Waals surface area contributed by atoms with E-state index < -0.39 is 5.82 Å². The summed E-state index contributed by atoms with van der Waals surface area (Å²) in [6.45, 7) is 0. The summed E-state index contributed by atoms with van der Waals surface area (Å²) in [5, 5.41) is 3.15. The molecule has 0 unspecified atom stereocenters. The van der Waals surface area contributed by atoms with Gasteiger partial charge in [0.15, 0.2) is 5.96 Å². The van der Waals surface area contributed by atoms with Crippen LogP contribution in [0.3, 0.4) is 0 Å². The number of benzene rings is 1. The maximum atomic E-state index is 13.3. The molecule has 0 heterocycles. The lowest BCUT2D eigenvalue weighted by Gasteiger charge is -2.06. The third kappa shape index (κ3) is 2.83. The minimum atomic E-state index is -0.395. The molecule has 1 saturated carbocycles. The number of rotatable bonds is 2. The summed E-state index contributed by atoms with van der Waals surface area (Å²) in [6, 6.07) is 4.55. The maximum Gasteiger partial charge on any atom is 0.193 e. The van der Waals surface area contributed by atoms with Gasteiger partial charge < -0.3 is 11.1 Å². The van der Waals surface area contributed by atoms with E-state index in [0.29, 0.717) is 11.1 Å². The number of aliphatic imine (C=N–C) groups is 1. The molecule has 0 aliphatic heterocycles. The lowest BCUT2D eigenvalue weighted by Crippen LogP contribution is -2.23. The van der Waals surface area contributed by atoms with E-state index in [9.17, 15) is 4.39 Å². The number of guanidine groups is 1. The molecular formula is C10H11ClFN3. The van der Waals surface area contributed by atoms with Gasteiger partial charge in [0.05, 0.1) is 11.7 Å². The van der Waals surface area contributed by atoms with Crippen molar-refractivity contribution in [2.45, 2.75) is 18.9 Å². The summed E-state index contributed by atoms with van der Waals surface area (Å²) < 4.78 is 13.3. The number of nitrogens with one attached hydrogen (secondary N) is 1. The van der Waals surface area contributed by atoms with E-state index in [2.05, 4.69) is 10.3 Å². The predicted octanol–water partition coefficient (Wildman–Crippen LogP) is 2.37. The molecule has 3 nitrogen and oxygen atoms in total. The highest BCUT2D eigenvalue weighted by atomic mass is 35.5. The van der Waals surface area contributed by atoms with Crippen LogP contribution >= 0.6 is 11.6 Å². The second-order valence-electron chi connectivity index (χ2n) is 3.49. The average Bonchev–Trinajstić information content (AvgIpc) is 2.95. The fourth-order valence-electron chi connectivity index (χ4n) is 1.16. The Morgan fingerprint density at radius 2 is 2.27 bits per heavy atom. The van der Waals surface area contributed by atoms with E-state index >= 15 is 0 Å². The van der Waals surface area contributed by atoms with Gasteiger partial charge in [-0.3, -0.25) is 0 Å². The van der Waals surface area contributed by atoms with Gasteiger partial charge in [-0.25, -0.2) is 9.38 Å². The molecule has 1 aromatic carbocycles. The van der Waals surface area contributed by atoms with Crippen molar-refractivity contribution in [3.63, 3.8) is 0 Å². The van der Waals surface area contributed by atoms with E-state index in [0.717, 1.165) is 12.8 Å². The fraction of sp³-hybridized carbons (Fsp3) is 0.300. The van der Waals surface area contributed by atoms with Crippen molar-refractivity contribution < 1.29 is 4.39 Å². The summed E-state index contributed by atoms with van der Waals surface area (Å²) in [5.74, 6) is -0.160. The lowest BCUT2D eigenvalue weighted by atomic mass is 10.3. The maximum absolute atomic E-state index is 13.3. The molecule has 0 aromatic heterocycles. The van der Waals surface area contributed by atoms with Gasteiger partial charge in [0.25, 0.3) is 0 Å². The Morgan fingerprint density at radius 1 is 1.53 bits per heavy atom. The third-order valence-corrected chi connectivity index (χ3v) is 2.29. The van der Waals surface area contributed by atoms with Crippen LogP contribution in [0.1, 0.15) is 12.8 Å². The summed E-state index contributed by atoms with van der Waals surface area (Å²) in [5.41, 5.74) is 5.85. The molecule has 0 saturated heterocycles. The van der Waals surface area contributed by atoms with Crippen LogP contribution in [-0.2, 0) is 0 Å². The first kappa shape index (κ1) is 10.2. The quantitative estimate of drug-likeness (QED) is 0.602. The van der Waals surface area contributed by atoms with Crippen LogP contribution in [-0.4, -0.2) is 12.0 Å². The van der Waals surface area contributed by atoms with Crippen molar-refractivity contribution in [2.24, 2.45) is 10.7 Å².